The summed E-state index contributed by atoms with van der Waals surface area (Å²) in [5.74, 6) is -0.746. The first kappa shape index (κ1) is 16.4. The van der Waals surface area contributed by atoms with E-state index in [9.17, 15) is 9.90 Å². The number of aliphatic hydroxyl groups excluding tert-OH is 1. The van der Waals surface area contributed by atoms with Crippen molar-refractivity contribution in [2.24, 2.45) is 5.73 Å². The van der Waals surface area contributed by atoms with Crippen LogP contribution < -0.4 is 11.5 Å². The third kappa shape index (κ3) is 3.81. The Labute approximate surface area is 134 Å². The summed E-state index contributed by atoms with van der Waals surface area (Å²) < 4.78 is 0. The molecule has 5 N–H and O–H groups in total. The van der Waals surface area contributed by atoms with E-state index in [2.05, 4.69) is 0 Å². The van der Waals surface area contributed by atoms with E-state index in [0.717, 1.165) is 21.6 Å². The summed E-state index contributed by atoms with van der Waals surface area (Å²) in [4.78, 5) is 12.3. The Morgan fingerprint density at radius 3 is 2.27 bits per heavy atom. The van der Waals surface area contributed by atoms with Crippen LogP contribution in [0.1, 0.15) is 21.9 Å². The Kier molecular flexibility index (Phi) is 5.11. The van der Waals surface area contributed by atoms with Gasteiger partial charge in [0.25, 0.3) is 0 Å². The number of amides is 1. The SMILES string of the molecule is Cc1ccc([C@@H](Sc2cc(C)ccc2N)[C@H](O)C(N)=O)cc1. The van der Waals surface area contributed by atoms with E-state index in [1.54, 1.807) is 0 Å². The Balaban J connectivity index is 2.38. The van der Waals surface area contributed by atoms with Gasteiger partial charge in [0.15, 0.2) is 0 Å². The Morgan fingerprint density at radius 2 is 1.68 bits per heavy atom. The molecule has 0 aliphatic heterocycles. The van der Waals surface area contributed by atoms with E-state index in [1.807, 2.05) is 56.3 Å². The summed E-state index contributed by atoms with van der Waals surface area (Å²) in [7, 11) is 0. The lowest BCUT2D eigenvalue weighted by molar-refractivity contribution is -0.126. The number of benzene rings is 2. The Morgan fingerprint density at radius 1 is 1.09 bits per heavy atom. The van der Waals surface area contributed by atoms with Crippen LogP contribution in [-0.2, 0) is 4.79 Å². The normalized spacial score (nSPS) is 13.6. The van der Waals surface area contributed by atoms with Crippen LogP contribution in [0.2, 0.25) is 0 Å². The first-order valence-corrected chi connectivity index (χ1v) is 7.83. The van der Waals surface area contributed by atoms with Crippen molar-refractivity contribution < 1.29 is 9.90 Å². The van der Waals surface area contributed by atoms with E-state index < -0.39 is 17.3 Å². The second kappa shape index (κ2) is 6.85. The largest absolute Gasteiger partial charge is 0.398 e. The summed E-state index contributed by atoms with van der Waals surface area (Å²) in [5.41, 5.74) is 14.9. The van der Waals surface area contributed by atoms with Crippen LogP contribution in [0.4, 0.5) is 5.69 Å². The van der Waals surface area contributed by atoms with Crippen molar-refractivity contribution >= 4 is 23.4 Å². The number of hydrogen-bond donors (Lipinski definition) is 3. The molecule has 5 heteroatoms. The summed E-state index contributed by atoms with van der Waals surface area (Å²) >= 11 is 1.35. The molecule has 22 heavy (non-hydrogen) atoms. The minimum Gasteiger partial charge on any atom is -0.398 e. The molecule has 0 spiro atoms. The van der Waals surface area contributed by atoms with Crippen molar-refractivity contribution in [2.75, 3.05) is 5.73 Å². The highest BCUT2D eigenvalue weighted by Crippen LogP contribution is 2.40. The van der Waals surface area contributed by atoms with E-state index >= 15 is 0 Å². The van der Waals surface area contributed by atoms with Gasteiger partial charge in [-0.3, -0.25) is 4.79 Å². The van der Waals surface area contributed by atoms with Gasteiger partial charge in [0.2, 0.25) is 5.91 Å². The van der Waals surface area contributed by atoms with Gasteiger partial charge in [-0.2, -0.15) is 0 Å². The number of nitrogen functional groups attached to an aromatic ring is 1. The molecule has 1 amide bonds. The molecule has 0 aliphatic rings. The number of hydrogen-bond acceptors (Lipinski definition) is 4. The van der Waals surface area contributed by atoms with Crippen molar-refractivity contribution in [3.05, 3.63) is 59.2 Å². The molecule has 0 aromatic heterocycles. The molecule has 0 unspecified atom stereocenters. The van der Waals surface area contributed by atoms with Gasteiger partial charge < -0.3 is 16.6 Å². The molecule has 0 aliphatic carbocycles. The maximum atomic E-state index is 11.5. The van der Waals surface area contributed by atoms with Gasteiger partial charge in [0, 0.05) is 10.6 Å². The molecule has 0 heterocycles. The Bertz CT molecular complexity index is 671. The van der Waals surface area contributed by atoms with Gasteiger partial charge in [0.05, 0.1) is 5.25 Å². The van der Waals surface area contributed by atoms with Gasteiger partial charge >= 0.3 is 0 Å². The quantitative estimate of drug-likeness (QED) is 0.584. The fourth-order valence-corrected chi connectivity index (χ4v) is 3.39. The lowest BCUT2D eigenvalue weighted by Gasteiger charge is -2.22. The Hall–Kier alpha value is -1.98. The summed E-state index contributed by atoms with van der Waals surface area (Å²) in [6.45, 7) is 3.95. The minimum absolute atomic E-state index is 0.498. The fraction of sp³-hybridized carbons (Fsp3) is 0.235. The van der Waals surface area contributed by atoms with Gasteiger partial charge in [-0.1, -0.05) is 35.9 Å². The average Bonchev–Trinajstić information content (AvgIpc) is 2.48. The standard InChI is InChI=1S/C17H20N2O2S/c1-10-3-6-12(7-4-10)16(15(20)17(19)21)22-14-9-11(2)5-8-13(14)18/h3-9,15-16,20H,18H2,1-2H3,(H2,19,21)/t15-,16+/m0/s1. The van der Waals surface area contributed by atoms with Gasteiger partial charge in [0.1, 0.15) is 6.10 Å². The molecule has 0 saturated heterocycles. The molecular weight excluding hydrogens is 296 g/mol. The average molecular weight is 316 g/mol. The fourth-order valence-electron chi connectivity index (χ4n) is 2.10. The van der Waals surface area contributed by atoms with Crippen LogP contribution in [0.15, 0.2) is 47.4 Å². The van der Waals surface area contributed by atoms with E-state index in [4.69, 9.17) is 11.5 Å². The molecule has 0 saturated carbocycles. The van der Waals surface area contributed by atoms with E-state index in [0.29, 0.717) is 5.69 Å². The number of carbonyl (C=O) groups is 1. The topological polar surface area (TPSA) is 89.3 Å². The van der Waals surface area contributed by atoms with E-state index in [-0.39, 0.29) is 0 Å². The molecule has 4 nitrogen and oxygen atoms in total. The smallest absolute Gasteiger partial charge is 0.247 e. The lowest BCUT2D eigenvalue weighted by Crippen LogP contribution is -2.32. The van der Waals surface area contributed by atoms with Crippen LogP contribution in [0.5, 0.6) is 0 Å². The maximum absolute atomic E-state index is 11.5. The molecule has 116 valence electrons. The van der Waals surface area contributed by atoms with Crippen molar-refractivity contribution in [1.82, 2.24) is 0 Å². The zero-order valence-electron chi connectivity index (χ0n) is 12.6. The molecule has 2 rings (SSSR count). The second-order valence-electron chi connectivity index (χ2n) is 5.34. The van der Waals surface area contributed by atoms with Crippen LogP contribution in [-0.4, -0.2) is 17.1 Å². The first-order chi connectivity index (χ1) is 10.4. The molecule has 0 radical (unpaired) electrons. The minimum atomic E-state index is -1.28. The van der Waals surface area contributed by atoms with Crippen LogP contribution in [0.3, 0.4) is 0 Å². The van der Waals surface area contributed by atoms with Crippen molar-refractivity contribution in [1.29, 1.82) is 0 Å². The number of primary amides is 1. The highest BCUT2D eigenvalue weighted by Gasteiger charge is 2.27. The van der Waals surface area contributed by atoms with E-state index in [1.165, 1.54) is 11.8 Å². The number of carbonyl (C=O) groups excluding carboxylic acids is 1. The van der Waals surface area contributed by atoms with Crippen LogP contribution >= 0.6 is 11.8 Å². The zero-order valence-corrected chi connectivity index (χ0v) is 13.4. The third-order valence-corrected chi connectivity index (χ3v) is 4.80. The van der Waals surface area contributed by atoms with Gasteiger partial charge in [-0.15, -0.1) is 11.8 Å². The summed E-state index contributed by atoms with van der Waals surface area (Å²) in [5, 5.41) is 9.70. The van der Waals surface area contributed by atoms with Crippen molar-refractivity contribution in [3.63, 3.8) is 0 Å². The molecule has 2 aromatic carbocycles. The predicted molar refractivity (Wildman–Crippen MR) is 90.6 cm³/mol. The predicted octanol–water partition coefficient (Wildman–Crippen LogP) is 2.57. The number of nitrogens with two attached hydrogens (primary N) is 2. The number of aryl methyl sites for hydroxylation is 2. The third-order valence-electron chi connectivity index (χ3n) is 3.41. The number of anilines is 1. The number of aliphatic hydroxyl groups is 1. The summed E-state index contributed by atoms with van der Waals surface area (Å²) in [6.07, 6.45) is -1.28. The molecule has 2 atom stereocenters. The number of thioether (sulfide) groups is 1. The first-order valence-electron chi connectivity index (χ1n) is 6.95. The molecule has 2 aromatic rings. The molecule has 0 bridgehead atoms. The highest BCUT2D eigenvalue weighted by atomic mass is 32.2. The van der Waals surface area contributed by atoms with Crippen LogP contribution in [0, 0.1) is 13.8 Å². The second-order valence-corrected chi connectivity index (χ2v) is 6.52. The molecular formula is C17H20N2O2S. The van der Waals surface area contributed by atoms with Crippen LogP contribution in [0.25, 0.3) is 0 Å². The monoisotopic (exact) mass is 316 g/mol. The highest BCUT2D eigenvalue weighted by molar-refractivity contribution is 7.99. The van der Waals surface area contributed by atoms with Crippen molar-refractivity contribution in [2.45, 2.75) is 30.1 Å². The zero-order chi connectivity index (χ0) is 16.3. The maximum Gasteiger partial charge on any atom is 0.247 e. The van der Waals surface area contributed by atoms with Gasteiger partial charge in [-0.05, 0) is 37.1 Å². The van der Waals surface area contributed by atoms with Crippen molar-refractivity contribution in [3.8, 4) is 0 Å². The number of rotatable bonds is 5. The van der Waals surface area contributed by atoms with Gasteiger partial charge in [-0.25, -0.2) is 0 Å². The molecule has 0 fully saturated rings. The lowest BCUT2D eigenvalue weighted by atomic mass is 10.1. The summed E-state index contributed by atoms with van der Waals surface area (Å²) in [6, 6.07) is 13.4.